The lowest BCUT2D eigenvalue weighted by atomic mass is 10.1. The van der Waals surface area contributed by atoms with Crippen molar-refractivity contribution in [2.75, 3.05) is 71.3 Å². The van der Waals surface area contributed by atoms with Gasteiger partial charge in [-0.3, -0.25) is 4.72 Å². The molecule has 0 amide bonds. The summed E-state index contributed by atoms with van der Waals surface area (Å²) >= 11 is 0. The maximum Gasteiger partial charge on any atom is 0.343 e. The highest BCUT2D eigenvalue weighted by Crippen LogP contribution is 2.36. The average molecular weight is 598 g/mol. The van der Waals surface area contributed by atoms with Gasteiger partial charge in [0.1, 0.15) is 17.2 Å². The van der Waals surface area contributed by atoms with Crippen LogP contribution in [0.4, 0.5) is 11.4 Å². The van der Waals surface area contributed by atoms with Crippen LogP contribution in [0, 0.1) is 0 Å². The molecule has 0 unspecified atom stereocenters. The summed E-state index contributed by atoms with van der Waals surface area (Å²) in [5.74, 6) is 0.961. The van der Waals surface area contributed by atoms with Crippen molar-refractivity contribution < 1.29 is 36.9 Å². The molecule has 0 atom stereocenters. The number of anilines is 2. The van der Waals surface area contributed by atoms with Gasteiger partial charge in [0.25, 0.3) is 10.0 Å². The van der Waals surface area contributed by atoms with E-state index >= 15 is 0 Å². The van der Waals surface area contributed by atoms with Gasteiger partial charge in [-0.25, -0.2) is 13.2 Å². The first kappa shape index (κ1) is 30.5. The molecular weight excluding hydrogens is 562 g/mol. The first-order valence-electron chi connectivity index (χ1n) is 13.1. The summed E-state index contributed by atoms with van der Waals surface area (Å²) in [5.41, 5.74) is 1.97. The van der Waals surface area contributed by atoms with Crippen LogP contribution in [0.15, 0.2) is 60.0 Å². The zero-order valence-electron chi connectivity index (χ0n) is 24.2. The summed E-state index contributed by atoms with van der Waals surface area (Å²) in [6.45, 7) is 3.78. The number of rotatable bonds is 11. The summed E-state index contributed by atoms with van der Waals surface area (Å²) in [6, 6.07) is 14.8. The second-order valence-electron chi connectivity index (χ2n) is 9.49. The summed E-state index contributed by atoms with van der Waals surface area (Å²) in [5, 5.41) is 0.984. The van der Waals surface area contributed by atoms with Gasteiger partial charge in [0, 0.05) is 50.1 Å². The van der Waals surface area contributed by atoms with Crippen LogP contribution in [-0.2, 0) is 10.0 Å². The zero-order valence-corrected chi connectivity index (χ0v) is 25.1. The highest BCUT2D eigenvalue weighted by molar-refractivity contribution is 7.95. The monoisotopic (exact) mass is 597 g/mol. The number of likely N-dealkylation sites (N-methyl/N-ethyl adjacent to an activating group) is 1. The zero-order chi connectivity index (χ0) is 30.3. The lowest BCUT2D eigenvalue weighted by Crippen LogP contribution is -2.44. The van der Waals surface area contributed by atoms with Crippen LogP contribution in [0.1, 0.15) is 15.9 Å². The second kappa shape index (κ2) is 13.5. The quantitative estimate of drug-likeness (QED) is 0.256. The van der Waals surface area contributed by atoms with E-state index < -0.39 is 16.0 Å². The lowest BCUT2D eigenvalue weighted by Gasteiger charge is -2.34. The van der Waals surface area contributed by atoms with E-state index in [-0.39, 0.29) is 17.2 Å². The molecule has 0 aliphatic carbocycles. The van der Waals surface area contributed by atoms with Crippen LogP contribution < -0.4 is 33.3 Å². The fraction of sp³-hybridized carbons (Fsp3) is 0.300. The first-order valence-corrected chi connectivity index (χ1v) is 14.7. The van der Waals surface area contributed by atoms with Crippen molar-refractivity contribution >= 4 is 33.4 Å². The maximum absolute atomic E-state index is 13.0. The minimum Gasteiger partial charge on any atom is -0.496 e. The number of esters is 1. The number of nitrogens with one attached hydrogen (secondary N) is 1. The van der Waals surface area contributed by atoms with E-state index in [1.165, 1.54) is 52.7 Å². The molecule has 0 radical (unpaired) electrons. The molecule has 3 aromatic carbocycles. The van der Waals surface area contributed by atoms with Crippen molar-refractivity contribution in [3.8, 4) is 28.7 Å². The van der Waals surface area contributed by atoms with Crippen molar-refractivity contribution in [1.29, 1.82) is 0 Å². The van der Waals surface area contributed by atoms with Gasteiger partial charge in [-0.05, 0) is 49.5 Å². The number of piperazine rings is 1. The molecular formula is C30H35N3O8S. The molecule has 1 aliphatic rings. The van der Waals surface area contributed by atoms with E-state index in [0.29, 0.717) is 28.4 Å². The van der Waals surface area contributed by atoms with E-state index in [2.05, 4.69) is 21.6 Å². The summed E-state index contributed by atoms with van der Waals surface area (Å²) < 4.78 is 55.3. The molecule has 1 aliphatic heterocycles. The molecule has 1 fully saturated rings. The van der Waals surface area contributed by atoms with Crippen molar-refractivity contribution in [2.45, 2.75) is 0 Å². The summed E-state index contributed by atoms with van der Waals surface area (Å²) in [4.78, 5) is 17.5. The molecule has 0 saturated carbocycles. The van der Waals surface area contributed by atoms with Crippen molar-refractivity contribution in [1.82, 2.24) is 4.90 Å². The first-order chi connectivity index (χ1) is 20.2. The molecule has 4 rings (SSSR count). The van der Waals surface area contributed by atoms with Crippen LogP contribution in [0.25, 0.3) is 6.08 Å². The van der Waals surface area contributed by atoms with Crippen molar-refractivity contribution in [3.05, 3.63) is 71.1 Å². The predicted molar refractivity (Wildman–Crippen MR) is 162 cm³/mol. The van der Waals surface area contributed by atoms with Crippen molar-refractivity contribution in [2.24, 2.45) is 0 Å². The van der Waals surface area contributed by atoms with Gasteiger partial charge in [-0.15, -0.1) is 0 Å². The summed E-state index contributed by atoms with van der Waals surface area (Å²) in [7, 11) is 3.95. The molecule has 0 spiro atoms. The Kier molecular flexibility index (Phi) is 9.81. The van der Waals surface area contributed by atoms with Gasteiger partial charge >= 0.3 is 5.97 Å². The van der Waals surface area contributed by atoms with Gasteiger partial charge in [-0.1, -0.05) is 0 Å². The van der Waals surface area contributed by atoms with E-state index in [4.69, 9.17) is 23.7 Å². The minimum atomic E-state index is -4.00. The van der Waals surface area contributed by atoms with Gasteiger partial charge < -0.3 is 33.5 Å². The fourth-order valence-electron chi connectivity index (χ4n) is 4.40. The Morgan fingerprint density at radius 2 is 1.40 bits per heavy atom. The molecule has 1 saturated heterocycles. The number of hydrogen-bond acceptors (Lipinski definition) is 10. The maximum atomic E-state index is 13.0. The second-order valence-corrected chi connectivity index (χ2v) is 11.1. The minimum absolute atomic E-state index is 0.0633. The van der Waals surface area contributed by atoms with Crippen LogP contribution >= 0.6 is 0 Å². The summed E-state index contributed by atoms with van der Waals surface area (Å²) in [6.07, 6.45) is 1.36. The molecule has 0 aromatic heterocycles. The number of carbonyl (C=O) groups excluding carboxylic acids is 1. The number of nitrogens with zero attached hydrogens (tertiary/aromatic N) is 2. The topological polar surface area (TPSA) is 116 Å². The third-order valence-corrected chi connectivity index (χ3v) is 7.78. The van der Waals surface area contributed by atoms with E-state index in [9.17, 15) is 13.2 Å². The highest BCUT2D eigenvalue weighted by atomic mass is 32.2. The molecule has 0 bridgehead atoms. The van der Waals surface area contributed by atoms with Gasteiger partial charge in [0.05, 0.1) is 50.7 Å². The normalized spacial score (nSPS) is 14.0. The predicted octanol–water partition coefficient (Wildman–Crippen LogP) is 4.10. The SMILES string of the molecule is COc1cc(OC)c(C=CS(=O)(=O)Nc2ccc(OC)c(OC(=O)c3ccc(N4CCN(C)CC4)cc3)c2)c(OC)c1. The Labute approximate surface area is 246 Å². The van der Waals surface area contributed by atoms with E-state index in [1.807, 2.05) is 12.1 Å². The van der Waals surface area contributed by atoms with Crippen LogP contribution in [0.5, 0.6) is 28.7 Å². The highest BCUT2D eigenvalue weighted by Gasteiger charge is 2.18. The van der Waals surface area contributed by atoms with Crippen LogP contribution in [0.2, 0.25) is 0 Å². The fourth-order valence-corrected chi connectivity index (χ4v) is 5.24. The Balaban J connectivity index is 1.49. The van der Waals surface area contributed by atoms with Crippen molar-refractivity contribution in [3.63, 3.8) is 0 Å². The van der Waals surface area contributed by atoms with E-state index in [0.717, 1.165) is 37.3 Å². The van der Waals surface area contributed by atoms with Gasteiger partial charge in [-0.2, -0.15) is 0 Å². The number of hydrogen-bond donors (Lipinski definition) is 1. The Morgan fingerprint density at radius 1 is 0.786 bits per heavy atom. The molecule has 3 aromatic rings. The number of carbonyl (C=O) groups is 1. The number of methoxy groups -OCH3 is 4. The van der Waals surface area contributed by atoms with Crippen LogP contribution in [-0.4, -0.2) is 81.0 Å². The van der Waals surface area contributed by atoms with Gasteiger partial charge in [0.2, 0.25) is 0 Å². The average Bonchev–Trinajstić information content (AvgIpc) is 3.00. The Hall–Kier alpha value is -4.42. The van der Waals surface area contributed by atoms with Gasteiger partial charge in [0.15, 0.2) is 11.5 Å². The Morgan fingerprint density at radius 3 is 1.98 bits per heavy atom. The smallest absolute Gasteiger partial charge is 0.343 e. The Bertz CT molecular complexity index is 1510. The molecule has 42 heavy (non-hydrogen) atoms. The number of benzene rings is 3. The standard InChI is InChI=1S/C30H35N3O8S/c1-32-13-15-33(16-14-32)23-9-6-21(7-10-23)30(34)41-29-18-22(8-11-26(29)38-3)31-42(35,36)17-12-25-27(39-4)19-24(37-2)20-28(25)40-5/h6-12,17-20,31H,13-16H2,1-5H3. The van der Waals surface area contributed by atoms with E-state index in [1.54, 1.807) is 24.3 Å². The largest absolute Gasteiger partial charge is 0.496 e. The molecule has 12 heteroatoms. The molecule has 11 nitrogen and oxygen atoms in total. The molecule has 224 valence electrons. The lowest BCUT2D eigenvalue weighted by molar-refractivity contribution is 0.0730. The van der Waals surface area contributed by atoms with Crippen LogP contribution in [0.3, 0.4) is 0 Å². The third-order valence-electron chi connectivity index (χ3n) is 6.76. The molecule has 1 N–H and O–H groups in total. The number of sulfonamides is 1. The molecule has 1 heterocycles. The third kappa shape index (κ3) is 7.45. The number of ether oxygens (including phenoxy) is 5.